The van der Waals surface area contributed by atoms with Gasteiger partial charge in [0.15, 0.2) is 0 Å². The Morgan fingerprint density at radius 1 is 1.14 bits per heavy atom. The Hall–Kier alpha value is -1.81. The van der Waals surface area contributed by atoms with Crippen molar-refractivity contribution in [2.75, 3.05) is 11.4 Å². The van der Waals surface area contributed by atoms with E-state index in [1.54, 1.807) is 0 Å². The van der Waals surface area contributed by atoms with Gasteiger partial charge in [0.2, 0.25) is 0 Å². The summed E-state index contributed by atoms with van der Waals surface area (Å²) in [6.07, 6.45) is 0.801. The highest BCUT2D eigenvalue weighted by molar-refractivity contribution is 9.10. The molecule has 21 heavy (non-hydrogen) atoms. The number of carboxylic acid groups (broad SMARTS) is 1. The van der Waals surface area contributed by atoms with Crippen LogP contribution in [0.1, 0.15) is 12.5 Å². The van der Waals surface area contributed by atoms with Gasteiger partial charge in [0.05, 0.1) is 0 Å². The van der Waals surface area contributed by atoms with Crippen LogP contribution in [0.4, 0.5) is 5.69 Å². The summed E-state index contributed by atoms with van der Waals surface area (Å²) >= 11 is 3.42. The van der Waals surface area contributed by atoms with Gasteiger partial charge in [-0.2, -0.15) is 0 Å². The highest BCUT2D eigenvalue weighted by Gasteiger charge is 2.17. The Labute approximate surface area is 133 Å². The van der Waals surface area contributed by atoms with E-state index in [-0.39, 0.29) is 12.6 Å². The van der Waals surface area contributed by atoms with Crippen molar-refractivity contribution in [1.82, 2.24) is 0 Å². The number of hydrogen-bond donors (Lipinski definition) is 1. The molecule has 0 spiro atoms. The lowest BCUT2D eigenvalue weighted by Crippen LogP contribution is -2.38. The maximum Gasteiger partial charge on any atom is 0.323 e. The third-order valence-corrected chi connectivity index (χ3v) is 3.90. The van der Waals surface area contributed by atoms with Gasteiger partial charge < -0.3 is 10.0 Å². The SMILES string of the molecule is CC(Cc1ccc(Br)cc1)N(CC(=O)O)c1ccccc1. The summed E-state index contributed by atoms with van der Waals surface area (Å²) in [5, 5.41) is 9.15. The first-order chi connectivity index (χ1) is 10.1. The minimum absolute atomic E-state index is 0.00169. The van der Waals surface area contributed by atoms with E-state index in [1.165, 1.54) is 5.56 Å². The van der Waals surface area contributed by atoms with E-state index < -0.39 is 5.97 Å². The second-order valence-electron chi connectivity index (χ2n) is 5.04. The van der Waals surface area contributed by atoms with Crippen LogP contribution in [0.5, 0.6) is 0 Å². The van der Waals surface area contributed by atoms with Gasteiger partial charge >= 0.3 is 5.97 Å². The highest BCUT2D eigenvalue weighted by Crippen LogP contribution is 2.19. The Morgan fingerprint density at radius 2 is 1.76 bits per heavy atom. The van der Waals surface area contributed by atoms with Crippen molar-refractivity contribution in [1.29, 1.82) is 0 Å². The minimum atomic E-state index is -0.818. The third-order valence-electron chi connectivity index (χ3n) is 3.37. The number of aliphatic carboxylic acids is 1. The molecule has 2 aromatic carbocycles. The lowest BCUT2D eigenvalue weighted by atomic mass is 10.1. The maximum atomic E-state index is 11.1. The van der Waals surface area contributed by atoms with Crippen LogP contribution in [-0.2, 0) is 11.2 Å². The number of carbonyl (C=O) groups is 1. The van der Waals surface area contributed by atoms with Gasteiger partial charge in [-0.05, 0) is 43.2 Å². The largest absolute Gasteiger partial charge is 0.480 e. The van der Waals surface area contributed by atoms with Crippen molar-refractivity contribution in [2.24, 2.45) is 0 Å². The van der Waals surface area contributed by atoms with Gasteiger partial charge in [-0.25, -0.2) is 0 Å². The molecule has 0 saturated carbocycles. The smallest absolute Gasteiger partial charge is 0.323 e. The molecule has 2 rings (SSSR count). The Morgan fingerprint density at radius 3 is 2.33 bits per heavy atom. The molecule has 0 heterocycles. The fourth-order valence-electron chi connectivity index (χ4n) is 2.34. The maximum absolute atomic E-state index is 11.1. The highest BCUT2D eigenvalue weighted by atomic mass is 79.9. The average molecular weight is 348 g/mol. The third kappa shape index (κ3) is 4.60. The van der Waals surface area contributed by atoms with Crippen LogP contribution in [0.2, 0.25) is 0 Å². The number of anilines is 1. The van der Waals surface area contributed by atoms with Crippen molar-refractivity contribution in [3.63, 3.8) is 0 Å². The van der Waals surface area contributed by atoms with Crippen molar-refractivity contribution in [3.05, 3.63) is 64.6 Å². The first kappa shape index (κ1) is 15.6. The molecule has 1 N–H and O–H groups in total. The number of rotatable bonds is 6. The van der Waals surface area contributed by atoms with Gasteiger partial charge in [0.1, 0.15) is 6.54 Å². The summed E-state index contributed by atoms with van der Waals surface area (Å²) in [6.45, 7) is 2.06. The first-order valence-electron chi connectivity index (χ1n) is 6.84. The van der Waals surface area contributed by atoms with Crippen LogP contribution < -0.4 is 4.90 Å². The second kappa shape index (κ2) is 7.27. The molecule has 0 saturated heterocycles. The Kier molecular flexibility index (Phi) is 5.39. The molecular weight excluding hydrogens is 330 g/mol. The molecule has 0 aliphatic rings. The second-order valence-corrected chi connectivity index (χ2v) is 5.95. The molecule has 0 radical (unpaired) electrons. The van der Waals surface area contributed by atoms with Gasteiger partial charge in [0, 0.05) is 16.2 Å². The van der Waals surface area contributed by atoms with Gasteiger partial charge in [-0.1, -0.05) is 46.3 Å². The van der Waals surface area contributed by atoms with Crippen LogP contribution in [0.25, 0.3) is 0 Å². The van der Waals surface area contributed by atoms with Gasteiger partial charge in [-0.15, -0.1) is 0 Å². The zero-order chi connectivity index (χ0) is 15.2. The fraction of sp³-hybridized carbons (Fsp3) is 0.235. The summed E-state index contributed by atoms with van der Waals surface area (Å²) < 4.78 is 1.05. The summed E-state index contributed by atoms with van der Waals surface area (Å²) in [6, 6.07) is 17.9. The van der Waals surface area contributed by atoms with Crippen LogP contribution in [0, 0.1) is 0 Å². The van der Waals surface area contributed by atoms with Crippen LogP contribution in [0.3, 0.4) is 0 Å². The molecule has 1 atom stereocenters. The van der Waals surface area contributed by atoms with Gasteiger partial charge in [-0.3, -0.25) is 4.79 Å². The lowest BCUT2D eigenvalue weighted by Gasteiger charge is -2.30. The molecule has 110 valence electrons. The molecule has 0 aromatic heterocycles. The summed E-state index contributed by atoms with van der Waals surface area (Å²) in [5.41, 5.74) is 2.13. The number of nitrogens with zero attached hydrogens (tertiary/aromatic N) is 1. The molecule has 2 aromatic rings. The van der Waals surface area contributed by atoms with E-state index >= 15 is 0 Å². The van der Waals surface area contributed by atoms with Crippen molar-refractivity contribution in [2.45, 2.75) is 19.4 Å². The molecular formula is C17H18BrNO2. The quantitative estimate of drug-likeness (QED) is 0.859. The predicted octanol–water partition coefficient (Wildman–Crippen LogP) is 3.97. The van der Waals surface area contributed by atoms with E-state index in [4.69, 9.17) is 5.11 Å². The van der Waals surface area contributed by atoms with Crippen molar-refractivity contribution >= 4 is 27.6 Å². The number of carboxylic acids is 1. The van der Waals surface area contributed by atoms with E-state index in [9.17, 15) is 4.79 Å². The topological polar surface area (TPSA) is 40.5 Å². The fourth-order valence-corrected chi connectivity index (χ4v) is 2.60. The van der Waals surface area contributed by atoms with Crippen LogP contribution in [-0.4, -0.2) is 23.7 Å². The molecule has 0 bridgehead atoms. The summed E-state index contributed by atoms with van der Waals surface area (Å²) in [4.78, 5) is 13.1. The molecule has 0 aliphatic heterocycles. The van der Waals surface area contributed by atoms with E-state index in [2.05, 4.69) is 35.0 Å². The Balaban J connectivity index is 2.16. The average Bonchev–Trinajstić information content (AvgIpc) is 2.48. The van der Waals surface area contributed by atoms with Crippen molar-refractivity contribution in [3.8, 4) is 0 Å². The predicted molar refractivity (Wildman–Crippen MR) is 88.7 cm³/mol. The van der Waals surface area contributed by atoms with Gasteiger partial charge in [0.25, 0.3) is 0 Å². The zero-order valence-corrected chi connectivity index (χ0v) is 13.5. The standard InChI is InChI=1S/C17H18BrNO2/c1-13(11-14-7-9-15(18)10-8-14)19(12-17(20)21)16-5-3-2-4-6-16/h2-10,13H,11-12H2,1H3,(H,20,21). The van der Waals surface area contributed by atoms with Crippen LogP contribution in [0.15, 0.2) is 59.1 Å². The van der Waals surface area contributed by atoms with Crippen molar-refractivity contribution < 1.29 is 9.90 Å². The van der Waals surface area contributed by atoms with E-state index in [1.807, 2.05) is 47.4 Å². The van der Waals surface area contributed by atoms with E-state index in [0.717, 1.165) is 16.6 Å². The number of benzene rings is 2. The normalized spacial score (nSPS) is 11.9. The Bertz CT molecular complexity index is 583. The number of para-hydroxylation sites is 1. The lowest BCUT2D eigenvalue weighted by molar-refractivity contribution is -0.135. The molecule has 3 nitrogen and oxygen atoms in total. The monoisotopic (exact) mass is 347 g/mol. The molecule has 0 fully saturated rings. The molecule has 4 heteroatoms. The minimum Gasteiger partial charge on any atom is -0.480 e. The van der Waals surface area contributed by atoms with Crippen LogP contribution >= 0.6 is 15.9 Å². The molecule has 1 unspecified atom stereocenters. The number of hydrogen-bond acceptors (Lipinski definition) is 2. The number of halogens is 1. The summed E-state index contributed by atoms with van der Waals surface area (Å²) in [5.74, 6) is -0.818. The molecule has 0 aliphatic carbocycles. The van der Waals surface area contributed by atoms with E-state index in [0.29, 0.717) is 0 Å². The first-order valence-corrected chi connectivity index (χ1v) is 7.63. The molecule has 0 amide bonds. The summed E-state index contributed by atoms with van der Waals surface area (Å²) in [7, 11) is 0. The zero-order valence-electron chi connectivity index (χ0n) is 11.9.